The van der Waals surface area contributed by atoms with Gasteiger partial charge in [0.15, 0.2) is 0 Å². The second-order valence-corrected chi connectivity index (χ2v) is 5.32. The van der Waals surface area contributed by atoms with E-state index in [1.807, 2.05) is 55.8 Å². The number of nitrogens with zero attached hydrogens (tertiary/aromatic N) is 4. The van der Waals surface area contributed by atoms with Crippen LogP contribution in [0.1, 0.15) is 28.9 Å². The maximum Gasteiger partial charge on any atom is 0.112 e. The summed E-state index contributed by atoms with van der Waals surface area (Å²) in [6.07, 6.45) is -0.174. The fourth-order valence-electron chi connectivity index (χ4n) is 2.57. The van der Waals surface area contributed by atoms with Crippen molar-refractivity contribution in [1.29, 1.82) is 0 Å². The van der Waals surface area contributed by atoms with Gasteiger partial charge in [0.05, 0.1) is 28.5 Å². The Bertz CT molecular complexity index is 794. The Morgan fingerprint density at radius 3 is 2.71 bits per heavy atom. The van der Waals surface area contributed by atoms with E-state index < -0.39 is 6.10 Å². The number of fused-ring (bicyclic) bond motifs is 1. The van der Waals surface area contributed by atoms with Gasteiger partial charge in [-0.3, -0.25) is 0 Å². The first-order valence-electron chi connectivity index (χ1n) is 6.95. The summed E-state index contributed by atoms with van der Waals surface area (Å²) in [7, 11) is 1.97. The fraction of sp³-hybridized carbons (Fsp3) is 0.312. The molecule has 1 N–H and O–H groups in total. The molecule has 0 aliphatic heterocycles. The monoisotopic (exact) mass is 282 g/mol. The molecule has 0 aliphatic rings. The van der Waals surface area contributed by atoms with Gasteiger partial charge in [0, 0.05) is 19.0 Å². The van der Waals surface area contributed by atoms with Crippen LogP contribution in [0.15, 0.2) is 30.3 Å². The van der Waals surface area contributed by atoms with E-state index in [0.717, 1.165) is 33.8 Å². The average molecular weight is 282 g/mol. The summed E-state index contributed by atoms with van der Waals surface area (Å²) in [4.78, 5) is 4.60. The van der Waals surface area contributed by atoms with Crippen LogP contribution in [-0.4, -0.2) is 24.9 Å². The highest BCUT2D eigenvalue weighted by Crippen LogP contribution is 2.22. The zero-order valence-electron chi connectivity index (χ0n) is 12.4. The second-order valence-electron chi connectivity index (χ2n) is 5.32. The lowest BCUT2D eigenvalue weighted by molar-refractivity contribution is 0.173. The SMILES string of the molecule is Cc1cc(C(O)Cc2nc3ccccc3n2C)c(C)nn1. The molecule has 0 spiro atoms. The lowest BCUT2D eigenvalue weighted by Gasteiger charge is -2.13. The minimum Gasteiger partial charge on any atom is -0.388 e. The molecule has 5 nitrogen and oxygen atoms in total. The Labute approximate surface area is 123 Å². The highest BCUT2D eigenvalue weighted by Gasteiger charge is 2.17. The van der Waals surface area contributed by atoms with E-state index in [4.69, 9.17) is 0 Å². The fourth-order valence-corrected chi connectivity index (χ4v) is 2.57. The van der Waals surface area contributed by atoms with Crippen molar-refractivity contribution in [3.05, 3.63) is 53.1 Å². The van der Waals surface area contributed by atoms with Crippen molar-refractivity contribution in [3.63, 3.8) is 0 Å². The van der Waals surface area contributed by atoms with Crippen LogP contribution < -0.4 is 0 Å². The summed E-state index contributed by atoms with van der Waals surface area (Å²) in [5.74, 6) is 0.859. The van der Waals surface area contributed by atoms with Gasteiger partial charge in [-0.05, 0) is 32.0 Å². The molecule has 0 fully saturated rings. The highest BCUT2D eigenvalue weighted by molar-refractivity contribution is 5.75. The minimum atomic E-state index is -0.630. The highest BCUT2D eigenvalue weighted by atomic mass is 16.3. The van der Waals surface area contributed by atoms with E-state index in [9.17, 15) is 5.11 Å². The molecule has 0 radical (unpaired) electrons. The molecular formula is C16H18N4O. The van der Waals surface area contributed by atoms with E-state index in [0.29, 0.717) is 6.42 Å². The second kappa shape index (κ2) is 5.26. The van der Waals surface area contributed by atoms with Crippen molar-refractivity contribution >= 4 is 11.0 Å². The van der Waals surface area contributed by atoms with Gasteiger partial charge in [0.2, 0.25) is 0 Å². The lowest BCUT2D eigenvalue weighted by atomic mass is 10.0. The number of para-hydroxylation sites is 2. The summed E-state index contributed by atoms with van der Waals surface area (Å²) in [6.45, 7) is 3.73. The van der Waals surface area contributed by atoms with Gasteiger partial charge in [-0.15, -0.1) is 0 Å². The third kappa shape index (κ3) is 2.52. The third-order valence-electron chi connectivity index (χ3n) is 3.75. The summed E-state index contributed by atoms with van der Waals surface area (Å²) in [6, 6.07) is 9.85. The van der Waals surface area contributed by atoms with Crippen molar-refractivity contribution in [3.8, 4) is 0 Å². The van der Waals surface area contributed by atoms with Crippen molar-refractivity contribution in [2.24, 2.45) is 7.05 Å². The molecule has 5 heteroatoms. The van der Waals surface area contributed by atoms with Crippen LogP contribution in [-0.2, 0) is 13.5 Å². The van der Waals surface area contributed by atoms with Crippen molar-refractivity contribution in [2.75, 3.05) is 0 Å². The number of aliphatic hydroxyl groups is 1. The quantitative estimate of drug-likeness (QED) is 0.800. The van der Waals surface area contributed by atoms with E-state index in [1.165, 1.54) is 0 Å². The van der Waals surface area contributed by atoms with Crippen LogP contribution in [0.5, 0.6) is 0 Å². The van der Waals surface area contributed by atoms with Gasteiger partial charge in [0.25, 0.3) is 0 Å². The topological polar surface area (TPSA) is 63.8 Å². The molecule has 1 atom stereocenters. The van der Waals surface area contributed by atoms with Crippen LogP contribution in [0.2, 0.25) is 0 Å². The van der Waals surface area contributed by atoms with E-state index in [1.54, 1.807) is 0 Å². The molecule has 21 heavy (non-hydrogen) atoms. The van der Waals surface area contributed by atoms with Gasteiger partial charge in [0.1, 0.15) is 5.82 Å². The molecule has 0 saturated carbocycles. The minimum absolute atomic E-state index is 0.456. The standard InChI is InChI=1S/C16H18N4O/c1-10-8-12(11(2)19-18-10)15(21)9-16-17-13-6-4-5-7-14(13)20(16)3/h4-8,15,21H,9H2,1-3H3. The number of hydrogen-bond donors (Lipinski definition) is 1. The Balaban J connectivity index is 1.94. The predicted molar refractivity (Wildman–Crippen MR) is 80.9 cm³/mol. The lowest BCUT2D eigenvalue weighted by Crippen LogP contribution is -2.10. The number of benzene rings is 1. The largest absolute Gasteiger partial charge is 0.388 e. The normalized spacial score (nSPS) is 12.8. The molecule has 3 rings (SSSR count). The molecule has 1 aromatic carbocycles. The van der Waals surface area contributed by atoms with Crippen molar-refractivity contribution in [1.82, 2.24) is 19.7 Å². The predicted octanol–water partition coefficient (Wildman–Crippen LogP) is 2.26. The van der Waals surface area contributed by atoms with Crippen LogP contribution >= 0.6 is 0 Å². The van der Waals surface area contributed by atoms with Gasteiger partial charge in [-0.25, -0.2) is 4.98 Å². The molecule has 0 amide bonds. The van der Waals surface area contributed by atoms with Crippen molar-refractivity contribution in [2.45, 2.75) is 26.4 Å². The Kier molecular flexibility index (Phi) is 3.43. The van der Waals surface area contributed by atoms with Crippen molar-refractivity contribution < 1.29 is 5.11 Å². The molecule has 0 bridgehead atoms. The molecule has 1 unspecified atom stereocenters. The number of aromatic nitrogens is 4. The molecule has 2 heterocycles. The Hall–Kier alpha value is -2.27. The maximum atomic E-state index is 10.5. The molecule has 2 aromatic heterocycles. The number of aliphatic hydroxyl groups excluding tert-OH is 1. The number of aryl methyl sites for hydroxylation is 3. The van der Waals surface area contributed by atoms with E-state index >= 15 is 0 Å². The zero-order chi connectivity index (χ0) is 15.0. The van der Waals surface area contributed by atoms with Gasteiger partial charge in [-0.1, -0.05) is 12.1 Å². The molecule has 3 aromatic rings. The first-order valence-corrected chi connectivity index (χ1v) is 6.95. The zero-order valence-corrected chi connectivity index (χ0v) is 12.4. The van der Waals surface area contributed by atoms with Gasteiger partial charge in [-0.2, -0.15) is 10.2 Å². The van der Waals surface area contributed by atoms with Crippen LogP contribution in [0.3, 0.4) is 0 Å². The number of rotatable bonds is 3. The van der Waals surface area contributed by atoms with E-state index in [2.05, 4.69) is 15.2 Å². The summed E-state index contributed by atoms with van der Waals surface area (Å²) < 4.78 is 2.02. The summed E-state index contributed by atoms with van der Waals surface area (Å²) in [5.41, 5.74) is 4.39. The van der Waals surface area contributed by atoms with Gasteiger partial charge < -0.3 is 9.67 Å². The molecule has 0 aliphatic carbocycles. The molecule has 108 valence electrons. The Morgan fingerprint density at radius 2 is 1.95 bits per heavy atom. The van der Waals surface area contributed by atoms with Crippen LogP contribution in [0, 0.1) is 13.8 Å². The van der Waals surface area contributed by atoms with Crippen LogP contribution in [0.4, 0.5) is 0 Å². The first-order chi connectivity index (χ1) is 10.1. The summed E-state index contributed by atoms with van der Waals surface area (Å²) >= 11 is 0. The first kappa shape index (κ1) is 13.7. The Morgan fingerprint density at radius 1 is 1.19 bits per heavy atom. The number of imidazole rings is 1. The maximum absolute atomic E-state index is 10.5. The van der Waals surface area contributed by atoms with Crippen LogP contribution in [0.25, 0.3) is 11.0 Å². The smallest absolute Gasteiger partial charge is 0.112 e. The van der Waals surface area contributed by atoms with Gasteiger partial charge >= 0.3 is 0 Å². The average Bonchev–Trinajstić information content (AvgIpc) is 2.78. The summed E-state index contributed by atoms with van der Waals surface area (Å²) in [5, 5.41) is 18.6. The molecule has 0 saturated heterocycles. The number of hydrogen-bond acceptors (Lipinski definition) is 4. The third-order valence-corrected chi connectivity index (χ3v) is 3.75. The van der Waals surface area contributed by atoms with E-state index in [-0.39, 0.29) is 0 Å². The molecular weight excluding hydrogens is 264 g/mol.